The van der Waals surface area contributed by atoms with Crippen molar-refractivity contribution in [2.24, 2.45) is 4.99 Å². The second-order valence-corrected chi connectivity index (χ2v) is 9.39. The highest BCUT2D eigenvalue weighted by molar-refractivity contribution is 6.04. The van der Waals surface area contributed by atoms with Crippen LogP contribution in [0.4, 0.5) is 4.39 Å². The number of hydrogen-bond acceptors (Lipinski definition) is 6. The third-order valence-corrected chi connectivity index (χ3v) is 6.80. The van der Waals surface area contributed by atoms with Gasteiger partial charge in [0.25, 0.3) is 0 Å². The number of fused-ring (bicyclic) bond motifs is 1. The highest BCUT2D eigenvalue weighted by atomic mass is 19.1. The van der Waals surface area contributed by atoms with Gasteiger partial charge in [0.2, 0.25) is 5.75 Å². The van der Waals surface area contributed by atoms with Crippen LogP contribution in [0.1, 0.15) is 27.8 Å². The lowest BCUT2D eigenvalue weighted by Gasteiger charge is -2.23. The van der Waals surface area contributed by atoms with E-state index >= 15 is 4.39 Å². The SMILES string of the molecule is COc1cc(CC2=NCCc3cc(OCc4ccccc4)c(OCc4ccccc4)c(F)c32)cc(OC)c1OC. The molecule has 1 aliphatic heterocycles. The monoisotopic (exact) mass is 541 g/mol. The van der Waals surface area contributed by atoms with Crippen LogP contribution in [0.15, 0.2) is 83.9 Å². The van der Waals surface area contributed by atoms with Crippen LogP contribution in [-0.2, 0) is 26.1 Å². The van der Waals surface area contributed by atoms with Crippen molar-refractivity contribution in [1.82, 2.24) is 0 Å². The predicted molar refractivity (Wildman–Crippen MR) is 153 cm³/mol. The van der Waals surface area contributed by atoms with Crippen LogP contribution in [0, 0.1) is 5.82 Å². The molecule has 0 radical (unpaired) electrons. The number of benzene rings is 4. The number of methoxy groups -OCH3 is 3. The molecule has 0 bridgehead atoms. The number of halogens is 1. The van der Waals surface area contributed by atoms with Gasteiger partial charge in [0.1, 0.15) is 13.2 Å². The minimum atomic E-state index is -0.470. The summed E-state index contributed by atoms with van der Waals surface area (Å²) in [6.07, 6.45) is 0.981. The standard InChI is InChI=1S/C33H32FNO5/c1-36-27-17-24(18-28(37-2)32(27)38-3)16-26-30-25(14-15-35-26)19-29(39-20-22-10-6-4-7-11-22)33(31(30)34)40-21-23-12-8-5-9-13-23/h4-13,17-19H,14-16,20-21H2,1-3H3. The van der Waals surface area contributed by atoms with E-state index in [1.807, 2.05) is 78.9 Å². The molecule has 0 aliphatic carbocycles. The summed E-state index contributed by atoms with van der Waals surface area (Å²) in [6, 6.07) is 25.1. The fraction of sp³-hybridized carbons (Fsp3) is 0.242. The number of ether oxygens (including phenoxy) is 5. The molecule has 5 rings (SSSR count). The lowest BCUT2D eigenvalue weighted by molar-refractivity contribution is 0.245. The van der Waals surface area contributed by atoms with Gasteiger partial charge < -0.3 is 23.7 Å². The van der Waals surface area contributed by atoms with Gasteiger partial charge in [-0.2, -0.15) is 0 Å². The zero-order chi connectivity index (χ0) is 27.9. The third kappa shape index (κ3) is 5.88. The van der Waals surface area contributed by atoms with Crippen molar-refractivity contribution in [3.8, 4) is 28.7 Å². The quantitative estimate of drug-likeness (QED) is 0.214. The first-order chi connectivity index (χ1) is 19.6. The Morgan fingerprint density at radius 3 is 1.85 bits per heavy atom. The van der Waals surface area contributed by atoms with Crippen molar-refractivity contribution < 1.29 is 28.1 Å². The molecule has 1 heterocycles. The zero-order valence-corrected chi connectivity index (χ0v) is 22.9. The molecule has 0 aromatic heterocycles. The van der Waals surface area contributed by atoms with Crippen LogP contribution in [-0.4, -0.2) is 33.6 Å². The molecular weight excluding hydrogens is 509 g/mol. The average molecular weight is 542 g/mol. The second-order valence-electron chi connectivity index (χ2n) is 9.39. The molecule has 0 saturated carbocycles. The van der Waals surface area contributed by atoms with Crippen molar-refractivity contribution in [3.63, 3.8) is 0 Å². The Bertz CT molecular complexity index is 1460. The van der Waals surface area contributed by atoms with E-state index in [1.54, 1.807) is 21.3 Å². The first-order valence-corrected chi connectivity index (χ1v) is 13.1. The summed E-state index contributed by atoms with van der Waals surface area (Å²) in [4.78, 5) is 4.73. The maximum Gasteiger partial charge on any atom is 0.203 e. The van der Waals surface area contributed by atoms with Crippen molar-refractivity contribution in [3.05, 3.63) is 112 Å². The summed E-state index contributed by atoms with van der Waals surface area (Å²) in [6.45, 7) is 1.05. The van der Waals surface area contributed by atoms with Crippen LogP contribution in [0.2, 0.25) is 0 Å². The van der Waals surface area contributed by atoms with E-state index in [-0.39, 0.29) is 12.4 Å². The summed E-state index contributed by atoms with van der Waals surface area (Å²) in [5.74, 6) is 1.56. The fourth-order valence-electron chi connectivity index (χ4n) is 4.84. The van der Waals surface area contributed by atoms with Gasteiger partial charge in [0.05, 0.1) is 21.3 Å². The van der Waals surface area contributed by atoms with E-state index in [0.29, 0.717) is 60.3 Å². The Labute approximate surface area is 234 Å². The summed E-state index contributed by atoms with van der Waals surface area (Å²) < 4.78 is 45.2. The average Bonchev–Trinajstić information content (AvgIpc) is 3.00. The molecule has 40 heavy (non-hydrogen) atoms. The van der Waals surface area contributed by atoms with E-state index < -0.39 is 5.82 Å². The number of hydrogen-bond donors (Lipinski definition) is 0. The van der Waals surface area contributed by atoms with E-state index in [9.17, 15) is 0 Å². The highest BCUT2D eigenvalue weighted by Gasteiger charge is 2.27. The summed E-state index contributed by atoms with van der Waals surface area (Å²) >= 11 is 0. The molecule has 4 aromatic rings. The number of rotatable bonds is 11. The smallest absolute Gasteiger partial charge is 0.203 e. The van der Waals surface area contributed by atoms with Gasteiger partial charge in [-0.15, -0.1) is 0 Å². The molecule has 0 unspecified atom stereocenters. The molecule has 0 atom stereocenters. The maximum absolute atomic E-state index is 16.5. The van der Waals surface area contributed by atoms with E-state index in [1.165, 1.54) is 0 Å². The molecular formula is C33H32FNO5. The maximum atomic E-state index is 16.5. The van der Waals surface area contributed by atoms with E-state index in [0.717, 1.165) is 22.3 Å². The lowest BCUT2D eigenvalue weighted by atomic mass is 9.92. The largest absolute Gasteiger partial charge is 0.493 e. The van der Waals surface area contributed by atoms with Crippen molar-refractivity contribution in [2.75, 3.05) is 27.9 Å². The number of aliphatic imine (C=N–C) groups is 1. The highest BCUT2D eigenvalue weighted by Crippen LogP contribution is 2.41. The minimum Gasteiger partial charge on any atom is -0.493 e. The van der Waals surface area contributed by atoms with Crippen LogP contribution in [0.3, 0.4) is 0 Å². The Morgan fingerprint density at radius 1 is 0.675 bits per heavy atom. The molecule has 0 N–H and O–H groups in total. The van der Waals surface area contributed by atoms with Gasteiger partial charge in [-0.25, -0.2) is 4.39 Å². The summed E-state index contributed by atoms with van der Waals surface area (Å²) in [5, 5.41) is 0. The molecule has 0 spiro atoms. The third-order valence-electron chi connectivity index (χ3n) is 6.80. The normalized spacial score (nSPS) is 12.2. The van der Waals surface area contributed by atoms with Crippen LogP contribution in [0.25, 0.3) is 0 Å². The molecule has 6 nitrogen and oxygen atoms in total. The van der Waals surface area contributed by atoms with Crippen molar-refractivity contribution >= 4 is 5.71 Å². The van der Waals surface area contributed by atoms with Gasteiger partial charge in [-0.3, -0.25) is 4.99 Å². The van der Waals surface area contributed by atoms with Gasteiger partial charge in [-0.05, 0) is 46.9 Å². The van der Waals surface area contributed by atoms with Gasteiger partial charge >= 0.3 is 0 Å². The Morgan fingerprint density at radius 2 is 1.27 bits per heavy atom. The Kier molecular flexibility index (Phi) is 8.50. The van der Waals surface area contributed by atoms with Crippen LogP contribution in [0.5, 0.6) is 28.7 Å². The van der Waals surface area contributed by atoms with Gasteiger partial charge in [0, 0.05) is 24.2 Å². The van der Waals surface area contributed by atoms with E-state index in [4.69, 9.17) is 28.7 Å². The fourth-order valence-corrected chi connectivity index (χ4v) is 4.84. The molecule has 206 valence electrons. The predicted octanol–water partition coefficient (Wildman–Crippen LogP) is 6.60. The van der Waals surface area contributed by atoms with Crippen LogP contribution >= 0.6 is 0 Å². The summed E-state index contributed by atoms with van der Waals surface area (Å²) in [7, 11) is 4.70. The van der Waals surface area contributed by atoms with Gasteiger partial charge in [-0.1, -0.05) is 60.7 Å². The molecule has 1 aliphatic rings. The summed E-state index contributed by atoms with van der Waals surface area (Å²) in [5.41, 5.74) is 4.70. The lowest BCUT2D eigenvalue weighted by Crippen LogP contribution is -2.19. The first-order valence-electron chi connectivity index (χ1n) is 13.1. The topological polar surface area (TPSA) is 58.5 Å². The minimum absolute atomic E-state index is 0.0815. The zero-order valence-electron chi connectivity index (χ0n) is 22.9. The molecule has 0 fully saturated rings. The molecule has 0 amide bonds. The Balaban J connectivity index is 1.51. The molecule has 7 heteroatoms. The van der Waals surface area contributed by atoms with Crippen LogP contribution < -0.4 is 23.7 Å². The van der Waals surface area contributed by atoms with Crippen molar-refractivity contribution in [2.45, 2.75) is 26.1 Å². The van der Waals surface area contributed by atoms with Crippen molar-refractivity contribution in [1.29, 1.82) is 0 Å². The molecule has 0 saturated heterocycles. The first kappa shape index (κ1) is 27.1. The van der Waals surface area contributed by atoms with Gasteiger partial charge in [0.15, 0.2) is 28.8 Å². The second kappa shape index (κ2) is 12.6. The van der Waals surface area contributed by atoms with E-state index in [2.05, 4.69) is 0 Å². The Hall–Kier alpha value is -4.52. The number of nitrogens with zero attached hydrogens (tertiary/aromatic N) is 1. The molecule has 4 aromatic carbocycles.